The minimum atomic E-state index is -0.384. The zero-order valence-electron chi connectivity index (χ0n) is 36.7. The number of nitrogens with one attached hydrogen (secondary N) is 2. The molecule has 16 heteroatoms. The lowest BCUT2D eigenvalue weighted by Crippen LogP contribution is -2.60. The molecular formula is C47H57N11O5. The molecule has 4 atom stereocenters. The van der Waals surface area contributed by atoms with Crippen LogP contribution in [-0.4, -0.2) is 117 Å². The Kier molecular flexibility index (Phi) is 11.1. The normalized spacial score (nSPS) is 23.7. The summed E-state index contributed by atoms with van der Waals surface area (Å²) in [6, 6.07) is 14.9. The van der Waals surface area contributed by atoms with E-state index in [0.717, 1.165) is 116 Å². The molecule has 1 unspecified atom stereocenters. The third-order valence-corrected chi connectivity index (χ3v) is 14.1. The minimum absolute atomic E-state index is 0.212. The van der Waals surface area contributed by atoms with Crippen molar-refractivity contribution in [3.05, 3.63) is 71.3 Å². The van der Waals surface area contributed by atoms with Crippen molar-refractivity contribution in [2.45, 2.75) is 83.3 Å². The van der Waals surface area contributed by atoms with Gasteiger partial charge in [-0.15, -0.1) is 0 Å². The molecule has 4 aliphatic heterocycles. The predicted molar refractivity (Wildman–Crippen MR) is 239 cm³/mol. The van der Waals surface area contributed by atoms with E-state index in [0.29, 0.717) is 67.0 Å². The lowest BCUT2D eigenvalue weighted by molar-refractivity contribution is -0.134. The molecule has 5 aromatic rings. The SMILES string of the molecule is COC[C@@H]1CN(c2ccc3nc4n(c3c2)C[C@@H]2CC[C@H](COc3c(cnn3C)-c3cc(cc(C)n3)C(=O)N4)C2)CCN1C1CCN(c2ccc(C3CCC(=O)NC3=O)nc2C)CC1. The Morgan fingerprint density at radius 3 is 2.51 bits per heavy atom. The van der Waals surface area contributed by atoms with E-state index in [9.17, 15) is 14.4 Å². The number of carbonyl (C=O) groups excluding carboxylic acids is 3. The fraction of sp³-hybridized carbons (Fsp3) is 0.511. The maximum Gasteiger partial charge on any atom is 0.258 e. The number of hydrogen-bond acceptors (Lipinski definition) is 12. The zero-order valence-corrected chi connectivity index (χ0v) is 36.7. The number of ether oxygens (including phenoxy) is 2. The highest BCUT2D eigenvalue weighted by Gasteiger charge is 2.36. The molecule has 1 aromatic carbocycles. The van der Waals surface area contributed by atoms with Crippen LogP contribution in [0, 0.1) is 25.7 Å². The van der Waals surface area contributed by atoms with Gasteiger partial charge in [0.2, 0.25) is 23.6 Å². The van der Waals surface area contributed by atoms with Crippen molar-refractivity contribution >= 4 is 46.1 Å². The molecule has 8 heterocycles. The predicted octanol–water partition coefficient (Wildman–Crippen LogP) is 5.23. The van der Waals surface area contributed by atoms with E-state index in [4.69, 9.17) is 24.4 Å². The van der Waals surface area contributed by atoms with Crippen LogP contribution in [0.15, 0.2) is 48.7 Å². The van der Waals surface area contributed by atoms with Crippen LogP contribution in [0.25, 0.3) is 22.3 Å². The number of anilines is 3. The highest BCUT2D eigenvalue weighted by molar-refractivity contribution is 6.05. The number of imide groups is 1. The second-order valence-corrected chi connectivity index (χ2v) is 18.3. The average molecular weight is 856 g/mol. The van der Waals surface area contributed by atoms with Crippen molar-refractivity contribution in [3.8, 4) is 17.1 Å². The Labute approximate surface area is 367 Å². The van der Waals surface area contributed by atoms with Crippen LogP contribution in [-0.2, 0) is 27.9 Å². The first-order chi connectivity index (χ1) is 30.6. The number of nitrogens with zero attached hydrogens (tertiary/aromatic N) is 9. The molecule has 3 saturated heterocycles. The van der Waals surface area contributed by atoms with Gasteiger partial charge in [0.1, 0.15) is 0 Å². The van der Waals surface area contributed by atoms with Crippen LogP contribution >= 0.6 is 0 Å². The van der Waals surface area contributed by atoms with Crippen LogP contribution < -0.4 is 25.2 Å². The number of pyridine rings is 2. The van der Waals surface area contributed by atoms with Crippen LogP contribution in [0.5, 0.6) is 5.88 Å². The Morgan fingerprint density at radius 1 is 0.857 bits per heavy atom. The van der Waals surface area contributed by atoms with Gasteiger partial charge in [-0.1, -0.05) is 0 Å². The van der Waals surface area contributed by atoms with Crippen molar-refractivity contribution < 1.29 is 23.9 Å². The summed E-state index contributed by atoms with van der Waals surface area (Å²) in [5.41, 5.74) is 8.44. The largest absolute Gasteiger partial charge is 0.477 e. The quantitative estimate of drug-likeness (QED) is 0.214. The summed E-state index contributed by atoms with van der Waals surface area (Å²) in [7, 11) is 3.67. The number of fused-ring (bicyclic) bond motifs is 9. The van der Waals surface area contributed by atoms with E-state index in [1.807, 2.05) is 39.1 Å². The number of methoxy groups -OCH3 is 1. The molecule has 0 spiro atoms. The molecule has 1 saturated carbocycles. The van der Waals surface area contributed by atoms with Gasteiger partial charge in [-0.25, -0.2) is 9.67 Å². The number of carbonyl (C=O) groups is 3. The molecule has 5 aliphatic rings. The fourth-order valence-electron chi connectivity index (χ4n) is 10.9. The Morgan fingerprint density at radius 2 is 1.70 bits per heavy atom. The Hall–Kier alpha value is -5.87. The lowest BCUT2D eigenvalue weighted by atomic mass is 9.94. The van der Waals surface area contributed by atoms with Gasteiger partial charge in [0.25, 0.3) is 5.91 Å². The van der Waals surface area contributed by atoms with E-state index in [2.05, 4.69) is 59.3 Å². The maximum absolute atomic E-state index is 14.1. The number of imidazole rings is 1. The van der Waals surface area contributed by atoms with Crippen molar-refractivity contribution in [1.29, 1.82) is 0 Å². The van der Waals surface area contributed by atoms with Gasteiger partial charge in [0, 0.05) is 82.8 Å². The fourth-order valence-corrected chi connectivity index (χ4v) is 10.9. The van der Waals surface area contributed by atoms with E-state index in [-0.39, 0.29) is 29.7 Å². The average Bonchev–Trinajstić information content (AvgIpc) is 3.98. The molecule has 63 heavy (non-hydrogen) atoms. The number of piperazine rings is 1. The van der Waals surface area contributed by atoms with Crippen molar-refractivity contribution in [3.63, 3.8) is 0 Å². The number of hydrogen-bond donors (Lipinski definition) is 2. The van der Waals surface area contributed by atoms with Crippen LogP contribution in [0.4, 0.5) is 17.3 Å². The van der Waals surface area contributed by atoms with Gasteiger partial charge >= 0.3 is 0 Å². The maximum atomic E-state index is 14.1. The number of aromatic nitrogens is 6. The first-order valence-electron chi connectivity index (χ1n) is 22.6. The summed E-state index contributed by atoms with van der Waals surface area (Å²) < 4.78 is 16.3. The van der Waals surface area contributed by atoms with Crippen LogP contribution in [0.3, 0.4) is 0 Å². The topological polar surface area (TPSA) is 165 Å². The second kappa shape index (κ2) is 17.0. The number of rotatable bonds is 6. The molecule has 4 bridgehead atoms. The first kappa shape index (κ1) is 41.2. The number of piperidine rings is 2. The van der Waals surface area contributed by atoms with Crippen molar-refractivity contribution in [1.82, 2.24) is 39.5 Å². The van der Waals surface area contributed by atoms with Crippen LogP contribution in [0.2, 0.25) is 0 Å². The molecule has 4 fully saturated rings. The van der Waals surface area contributed by atoms with Gasteiger partial charge in [-0.2, -0.15) is 5.10 Å². The third-order valence-electron chi connectivity index (χ3n) is 14.1. The zero-order chi connectivity index (χ0) is 43.4. The summed E-state index contributed by atoms with van der Waals surface area (Å²) in [5.74, 6) is 0.968. The monoisotopic (exact) mass is 855 g/mol. The van der Waals surface area contributed by atoms with Gasteiger partial charge < -0.3 is 23.8 Å². The molecule has 10 rings (SSSR count). The van der Waals surface area contributed by atoms with Crippen molar-refractivity contribution in [2.24, 2.45) is 18.9 Å². The summed E-state index contributed by atoms with van der Waals surface area (Å²) in [4.78, 5) is 60.5. The van der Waals surface area contributed by atoms with E-state index >= 15 is 0 Å². The highest BCUT2D eigenvalue weighted by Crippen LogP contribution is 2.38. The summed E-state index contributed by atoms with van der Waals surface area (Å²) in [6.07, 6.45) is 7.85. The standard InChI is InChI=1S/C47H57N11O5/c1-28-19-32-21-40(49-28)37-23-48-54(3)46(37)63-26-31-6-5-30(20-31)24-58-42-22-34(7-9-39(42)51-47(58)53-44(32)60)56-17-18-57(35(25-56)27-62-4)33-13-15-55(16-14-33)41-11-10-38(50-29(41)2)36-8-12-43(59)52-45(36)61/h7,9-11,19,21-23,30-31,33,35-36H,5-6,8,12-18,20,24-27H2,1-4H3,(H,51,53,60)(H,52,59,61)/t30-,31+,35+,36?/m1/s1. The Bertz CT molecular complexity index is 2560. The summed E-state index contributed by atoms with van der Waals surface area (Å²) >= 11 is 0. The van der Waals surface area contributed by atoms with Gasteiger partial charge in [0.15, 0.2) is 0 Å². The summed E-state index contributed by atoms with van der Waals surface area (Å²) in [5, 5.41) is 10.1. The van der Waals surface area contributed by atoms with Gasteiger partial charge in [-0.05, 0) is 107 Å². The van der Waals surface area contributed by atoms with Crippen molar-refractivity contribution in [2.75, 3.05) is 68.2 Å². The van der Waals surface area contributed by atoms with E-state index in [1.165, 1.54) is 0 Å². The summed E-state index contributed by atoms with van der Waals surface area (Å²) in [6.45, 7) is 10.4. The number of aryl methyl sites for hydroxylation is 3. The smallest absolute Gasteiger partial charge is 0.258 e. The molecular weight excluding hydrogens is 799 g/mol. The molecule has 4 aromatic heterocycles. The highest BCUT2D eigenvalue weighted by atomic mass is 16.5. The molecule has 3 amide bonds. The van der Waals surface area contributed by atoms with E-state index in [1.54, 1.807) is 18.0 Å². The van der Waals surface area contributed by atoms with Crippen LogP contribution in [0.1, 0.15) is 78.3 Å². The molecule has 1 aliphatic carbocycles. The second-order valence-electron chi connectivity index (χ2n) is 18.3. The molecule has 0 radical (unpaired) electrons. The Balaban J connectivity index is 0.856. The molecule has 2 N–H and O–H groups in total. The third kappa shape index (κ3) is 8.14. The number of benzene rings is 1. The van der Waals surface area contributed by atoms with Gasteiger partial charge in [0.05, 0.1) is 70.7 Å². The molecule has 330 valence electrons. The van der Waals surface area contributed by atoms with Gasteiger partial charge in [-0.3, -0.25) is 39.9 Å². The molecule has 16 nitrogen and oxygen atoms in total. The first-order valence-corrected chi connectivity index (χ1v) is 22.6. The lowest BCUT2D eigenvalue weighted by Gasteiger charge is -2.48. The minimum Gasteiger partial charge on any atom is -0.477 e. The van der Waals surface area contributed by atoms with E-state index < -0.39 is 0 Å². The number of amides is 3.